The Morgan fingerprint density at radius 1 is 1.16 bits per heavy atom. The molecule has 1 aliphatic heterocycles. The van der Waals surface area contributed by atoms with Gasteiger partial charge in [0, 0.05) is 17.7 Å². The van der Waals surface area contributed by atoms with E-state index in [1.165, 1.54) is 0 Å². The zero-order valence-corrected chi connectivity index (χ0v) is 17.4. The number of hydrogen-bond acceptors (Lipinski definition) is 7. The first-order chi connectivity index (χ1) is 15.7. The van der Waals surface area contributed by atoms with Crippen molar-refractivity contribution in [1.29, 1.82) is 0 Å². The van der Waals surface area contributed by atoms with Crippen LogP contribution in [0.5, 0.6) is 17.2 Å². The fourth-order valence-electron chi connectivity index (χ4n) is 3.93. The number of hydrogen-bond donors (Lipinski definition) is 1. The molecule has 0 saturated heterocycles. The molecule has 2 aromatic heterocycles. The molecule has 1 N–H and O–H groups in total. The van der Waals surface area contributed by atoms with Gasteiger partial charge in [0.05, 0.1) is 25.5 Å². The lowest BCUT2D eigenvalue weighted by Crippen LogP contribution is -2.24. The predicted octanol–water partition coefficient (Wildman–Crippen LogP) is 2.94. The number of methoxy groups -OCH3 is 1. The third-order valence-corrected chi connectivity index (χ3v) is 5.72. The molecule has 0 radical (unpaired) electrons. The van der Waals surface area contributed by atoms with Crippen LogP contribution in [0.4, 0.5) is 5.95 Å². The summed E-state index contributed by atoms with van der Waals surface area (Å²) in [4.78, 5) is 22.8. The Kier molecular flexibility index (Phi) is 4.27. The quantitative estimate of drug-likeness (QED) is 0.502. The summed E-state index contributed by atoms with van der Waals surface area (Å²) in [5.74, 6) is 2.50. The fraction of sp³-hybridized carbons (Fsp3) is 0.261. The summed E-state index contributed by atoms with van der Waals surface area (Å²) < 4.78 is 19.7. The number of nitrogens with zero attached hydrogens (tertiary/aromatic N) is 4. The molecular formula is C23H21N5O4. The SMILES string of the molecule is COc1ccccc1Cn1c(=O)n(-c2ccc3c(c2)OCO3)c2nc(NC3CC3)ncc21. The summed E-state index contributed by atoms with van der Waals surface area (Å²) in [6.45, 7) is 0.497. The number of nitrogens with one attached hydrogen (secondary N) is 1. The first-order valence-corrected chi connectivity index (χ1v) is 10.5. The van der Waals surface area contributed by atoms with E-state index >= 15 is 0 Å². The predicted molar refractivity (Wildman–Crippen MR) is 118 cm³/mol. The molecule has 162 valence electrons. The smallest absolute Gasteiger partial charge is 0.335 e. The van der Waals surface area contributed by atoms with Crippen LogP contribution in [-0.4, -0.2) is 39.0 Å². The van der Waals surface area contributed by atoms with Crippen molar-refractivity contribution < 1.29 is 14.2 Å². The number of anilines is 1. The lowest BCUT2D eigenvalue weighted by atomic mass is 10.2. The van der Waals surface area contributed by atoms with Gasteiger partial charge < -0.3 is 19.5 Å². The standard InChI is InChI=1S/C23H21N5O4/c1-30-18-5-3-2-4-14(18)12-27-17-11-24-22(25-15-6-7-15)26-21(17)28(23(27)29)16-8-9-19-20(10-16)32-13-31-19/h2-5,8-11,15H,6-7,12-13H2,1H3,(H,24,25,26). The minimum atomic E-state index is -0.220. The Balaban J connectivity index is 1.53. The fourth-order valence-corrected chi connectivity index (χ4v) is 3.93. The maximum Gasteiger partial charge on any atom is 0.335 e. The van der Waals surface area contributed by atoms with Crippen molar-refractivity contribution in [3.8, 4) is 22.9 Å². The van der Waals surface area contributed by atoms with Crippen molar-refractivity contribution in [2.75, 3.05) is 19.2 Å². The number of ether oxygens (including phenoxy) is 3. The molecule has 3 heterocycles. The lowest BCUT2D eigenvalue weighted by molar-refractivity contribution is 0.174. The number of fused-ring (bicyclic) bond motifs is 2. The number of benzene rings is 2. The zero-order chi connectivity index (χ0) is 21.7. The summed E-state index contributed by atoms with van der Waals surface area (Å²) in [7, 11) is 1.62. The molecule has 4 aromatic rings. The Morgan fingerprint density at radius 3 is 2.84 bits per heavy atom. The van der Waals surface area contributed by atoms with Gasteiger partial charge >= 0.3 is 5.69 Å². The molecule has 0 spiro atoms. The van der Waals surface area contributed by atoms with Crippen LogP contribution in [0.1, 0.15) is 18.4 Å². The average molecular weight is 431 g/mol. The molecule has 2 aromatic carbocycles. The Hall–Kier alpha value is -4.01. The van der Waals surface area contributed by atoms with Crippen molar-refractivity contribution in [2.45, 2.75) is 25.4 Å². The molecule has 0 atom stereocenters. The van der Waals surface area contributed by atoms with Gasteiger partial charge in [-0.25, -0.2) is 14.3 Å². The third-order valence-electron chi connectivity index (χ3n) is 5.72. The van der Waals surface area contributed by atoms with Gasteiger partial charge in [-0.2, -0.15) is 4.98 Å². The summed E-state index contributed by atoms with van der Waals surface area (Å²) in [5, 5.41) is 3.31. The van der Waals surface area contributed by atoms with E-state index in [4.69, 9.17) is 19.2 Å². The van der Waals surface area contributed by atoms with Gasteiger partial charge in [-0.3, -0.25) is 4.57 Å². The second-order valence-electron chi connectivity index (χ2n) is 7.87. The van der Waals surface area contributed by atoms with E-state index in [1.807, 2.05) is 30.3 Å². The Morgan fingerprint density at radius 2 is 2.00 bits per heavy atom. The molecule has 0 unspecified atom stereocenters. The maximum atomic E-state index is 13.7. The summed E-state index contributed by atoms with van der Waals surface area (Å²) in [6.07, 6.45) is 3.91. The van der Waals surface area contributed by atoms with Gasteiger partial charge in [0.2, 0.25) is 12.7 Å². The number of imidazole rings is 1. The highest BCUT2D eigenvalue weighted by atomic mass is 16.7. The molecule has 6 rings (SSSR count). The lowest BCUT2D eigenvalue weighted by Gasteiger charge is -2.09. The first kappa shape index (κ1) is 18.7. The van der Waals surface area contributed by atoms with E-state index in [0.717, 1.165) is 24.2 Å². The monoisotopic (exact) mass is 431 g/mol. The van der Waals surface area contributed by atoms with E-state index < -0.39 is 0 Å². The van der Waals surface area contributed by atoms with E-state index in [1.54, 1.807) is 34.6 Å². The van der Waals surface area contributed by atoms with Crippen molar-refractivity contribution in [2.24, 2.45) is 0 Å². The molecule has 9 heteroatoms. The topological polar surface area (TPSA) is 92.4 Å². The molecule has 2 aliphatic rings. The van der Waals surface area contributed by atoms with Gasteiger partial charge in [0.15, 0.2) is 17.1 Å². The minimum absolute atomic E-state index is 0.168. The molecule has 9 nitrogen and oxygen atoms in total. The number of rotatable bonds is 6. The van der Waals surface area contributed by atoms with Crippen molar-refractivity contribution in [3.05, 3.63) is 64.7 Å². The van der Waals surface area contributed by atoms with E-state index in [0.29, 0.717) is 46.9 Å². The van der Waals surface area contributed by atoms with Crippen molar-refractivity contribution >= 4 is 17.1 Å². The third kappa shape index (κ3) is 3.13. The first-order valence-electron chi connectivity index (χ1n) is 10.5. The van der Waals surface area contributed by atoms with Gasteiger partial charge in [0.25, 0.3) is 0 Å². The molecule has 1 saturated carbocycles. The summed E-state index contributed by atoms with van der Waals surface area (Å²) in [5.41, 5.74) is 2.49. The van der Waals surface area contributed by atoms with Crippen LogP contribution in [0, 0.1) is 0 Å². The van der Waals surface area contributed by atoms with Crippen LogP contribution in [0.15, 0.2) is 53.5 Å². The maximum absolute atomic E-state index is 13.7. The van der Waals surface area contributed by atoms with Crippen molar-refractivity contribution in [1.82, 2.24) is 19.1 Å². The second-order valence-corrected chi connectivity index (χ2v) is 7.87. The summed E-state index contributed by atoms with van der Waals surface area (Å²) >= 11 is 0. The molecule has 1 aliphatic carbocycles. The van der Waals surface area contributed by atoms with E-state index in [-0.39, 0.29) is 12.5 Å². The number of aromatic nitrogens is 4. The normalized spacial score (nSPS) is 14.7. The van der Waals surface area contributed by atoms with Crippen LogP contribution in [-0.2, 0) is 6.54 Å². The van der Waals surface area contributed by atoms with Crippen molar-refractivity contribution in [3.63, 3.8) is 0 Å². The Bertz CT molecular complexity index is 1390. The highest BCUT2D eigenvalue weighted by molar-refractivity contribution is 5.75. The molecular weight excluding hydrogens is 410 g/mol. The Labute approximate surface area is 183 Å². The molecule has 32 heavy (non-hydrogen) atoms. The summed E-state index contributed by atoms with van der Waals surface area (Å²) in [6, 6.07) is 13.5. The van der Waals surface area contributed by atoms with Crippen LogP contribution >= 0.6 is 0 Å². The molecule has 0 bridgehead atoms. The van der Waals surface area contributed by atoms with Crippen LogP contribution in [0.25, 0.3) is 16.9 Å². The largest absolute Gasteiger partial charge is 0.496 e. The zero-order valence-electron chi connectivity index (χ0n) is 17.4. The van der Waals surface area contributed by atoms with E-state index in [9.17, 15) is 4.79 Å². The minimum Gasteiger partial charge on any atom is -0.496 e. The van der Waals surface area contributed by atoms with Gasteiger partial charge in [-0.05, 0) is 31.0 Å². The van der Waals surface area contributed by atoms with Crippen LogP contribution in [0.3, 0.4) is 0 Å². The van der Waals surface area contributed by atoms with Gasteiger partial charge in [-0.15, -0.1) is 0 Å². The highest BCUT2D eigenvalue weighted by Crippen LogP contribution is 2.34. The molecule has 1 fully saturated rings. The van der Waals surface area contributed by atoms with Crippen LogP contribution < -0.4 is 25.2 Å². The van der Waals surface area contributed by atoms with Crippen LogP contribution in [0.2, 0.25) is 0 Å². The molecule has 0 amide bonds. The van der Waals surface area contributed by atoms with E-state index in [2.05, 4.69) is 10.3 Å². The van der Waals surface area contributed by atoms with Gasteiger partial charge in [0.1, 0.15) is 11.3 Å². The average Bonchev–Trinajstić information content (AvgIpc) is 3.43. The highest BCUT2D eigenvalue weighted by Gasteiger charge is 2.24. The van der Waals surface area contributed by atoms with Gasteiger partial charge in [-0.1, -0.05) is 18.2 Å². The second kappa shape index (κ2) is 7.30. The number of para-hydroxylation sites is 1.